The first-order chi connectivity index (χ1) is 17.9. The molecule has 0 fully saturated rings. The molecule has 0 spiro atoms. The number of anilines is 1. The molecule has 0 saturated carbocycles. The van der Waals surface area contributed by atoms with Gasteiger partial charge in [-0.15, -0.1) is 0 Å². The van der Waals surface area contributed by atoms with Gasteiger partial charge in [0.2, 0.25) is 0 Å². The number of amides is 1. The molecule has 1 aromatic heterocycles. The smallest absolute Gasteiger partial charge is 0.256 e. The van der Waals surface area contributed by atoms with Crippen molar-refractivity contribution in [1.82, 2.24) is 10.3 Å². The Balaban J connectivity index is 1.73. The number of unbranched alkanes of at least 4 members (excludes halogenated alkanes) is 1. The maximum Gasteiger partial charge on any atom is 0.256 e. The minimum Gasteiger partial charge on any atom is -0.492 e. The fourth-order valence-electron chi connectivity index (χ4n) is 4.19. The number of carbonyl (C=O) groups is 1. The standard InChI is InChI=1S/C30H40BrN3O2S/c1-6-9-14-26(21(5)11-7-2)37-30(20(4)8-3)34-29(35)23-13-10-12-22(17-23)18-32-28-24-15-16-36-27(24)25(31)19-33-28/h10,12-13,17,19H,6-9,11,14-16,18H2,1-5H3,(H,32,33)(H,34,35)/b26-21+,30-20?. The van der Waals surface area contributed by atoms with Crippen molar-refractivity contribution >= 4 is 39.4 Å². The van der Waals surface area contributed by atoms with Gasteiger partial charge in [-0.1, -0.05) is 63.1 Å². The second-order valence-electron chi connectivity index (χ2n) is 9.49. The van der Waals surface area contributed by atoms with E-state index in [1.54, 1.807) is 18.0 Å². The van der Waals surface area contributed by atoms with Crippen molar-refractivity contribution in [3.63, 3.8) is 0 Å². The SMILES string of the molecule is CCCC/C(SC(NC(=O)c1cccc(CNc2ncc(Br)c3c2CCO3)c1)=C(C)CC)=C(/C)CCC. The fraction of sp³-hybridized carbons (Fsp3) is 0.467. The maximum absolute atomic E-state index is 13.4. The predicted octanol–water partition coefficient (Wildman–Crippen LogP) is 8.76. The molecule has 7 heteroatoms. The van der Waals surface area contributed by atoms with Crippen LogP contribution < -0.4 is 15.4 Å². The van der Waals surface area contributed by atoms with Crippen molar-refractivity contribution in [2.75, 3.05) is 11.9 Å². The van der Waals surface area contributed by atoms with Crippen molar-refractivity contribution < 1.29 is 9.53 Å². The normalized spacial score (nSPS) is 13.9. The Hall–Kier alpha value is -2.25. The largest absolute Gasteiger partial charge is 0.492 e. The summed E-state index contributed by atoms with van der Waals surface area (Å²) < 4.78 is 6.61. The Morgan fingerprint density at radius 3 is 2.68 bits per heavy atom. The van der Waals surface area contributed by atoms with E-state index in [0.29, 0.717) is 18.7 Å². The zero-order chi connectivity index (χ0) is 26.8. The molecular weight excluding hydrogens is 546 g/mol. The molecule has 2 heterocycles. The molecule has 0 radical (unpaired) electrons. The monoisotopic (exact) mass is 585 g/mol. The zero-order valence-corrected chi connectivity index (χ0v) is 25.2. The second kappa shape index (κ2) is 14.6. The van der Waals surface area contributed by atoms with Crippen molar-refractivity contribution in [2.24, 2.45) is 0 Å². The lowest BCUT2D eigenvalue weighted by Crippen LogP contribution is -2.23. The molecule has 0 bridgehead atoms. The Morgan fingerprint density at radius 2 is 1.95 bits per heavy atom. The lowest BCUT2D eigenvalue weighted by atomic mass is 10.1. The average Bonchev–Trinajstić information content (AvgIpc) is 3.41. The molecule has 1 amide bonds. The van der Waals surface area contributed by atoms with Crippen LogP contribution in [0.1, 0.15) is 94.6 Å². The number of nitrogens with one attached hydrogen (secondary N) is 2. The number of halogens is 1. The van der Waals surface area contributed by atoms with E-state index in [2.05, 4.69) is 66.2 Å². The number of aromatic nitrogens is 1. The Kier molecular flexibility index (Phi) is 11.6. The molecule has 0 aliphatic carbocycles. The number of benzene rings is 1. The first-order valence-corrected chi connectivity index (χ1v) is 15.0. The molecule has 1 aliphatic rings. The van der Waals surface area contributed by atoms with Crippen LogP contribution in [0.2, 0.25) is 0 Å². The number of fused-ring (bicyclic) bond motifs is 1. The van der Waals surface area contributed by atoms with E-state index < -0.39 is 0 Å². The summed E-state index contributed by atoms with van der Waals surface area (Å²) in [7, 11) is 0. The highest BCUT2D eigenvalue weighted by Crippen LogP contribution is 2.37. The summed E-state index contributed by atoms with van der Waals surface area (Å²) >= 11 is 5.26. The van der Waals surface area contributed by atoms with Crippen LogP contribution in [-0.4, -0.2) is 17.5 Å². The molecule has 3 rings (SSSR count). The molecule has 0 saturated heterocycles. The first-order valence-electron chi connectivity index (χ1n) is 13.4. The summed E-state index contributed by atoms with van der Waals surface area (Å²) in [5.41, 5.74) is 5.41. The van der Waals surface area contributed by atoms with Crippen molar-refractivity contribution in [2.45, 2.75) is 86.1 Å². The highest BCUT2D eigenvalue weighted by Gasteiger charge is 2.20. The van der Waals surface area contributed by atoms with Gasteiger partial charge < -0.3 is 15.4 Å². The minimum absolute atomic E-state index is 0.0730. The molecule has 2 aromatic rings. The Morgan fingerprint density at radius 1 is 1.14 bits per heavy atom. The summed E-state index contributed by atoms with van der Waals surface area (Å²) in [5, 5.41) is 7.64. The van der Waals surface area contributed by atoms with Gasteiger partial charge in [0.05, 0.1) is 16.1 Å². The molecule has 1 aliphatic heterocycles. The number of hydrogen-bond donors (Lipinski definition) is 2. The molecule has 0 unspecified atom stereocenters. The van der Waals surface area contributed by atoms with Crippen molar-refractivity contribution in [1.29, 1.82) is 0 Å². The number of rotatable bonds is 13. The molecule has 200 valence electrons. The van der Waals surface area contributed by atoms with E-state index in [-0.39, 0.29) is 5.91 Å². The summed E-state index contributed by atoms with van der Waals surface area (Å²) in [6, 6.07) is 7.80. The van der Waals surface area contributed by atoms with Gasteiger partial charge in [-0.2, -0.15) is 0 Å². The second-order valence-corrected chi connectivity index (χ2v) is 11.5. The number of hydrogen-bond acceptors (Lipinski definition) is 5. The Labute approximate surface area is 235 Å². The molecule has 5 nitrogen and oxygen atoms in total. The number of pyridine rings is 1. The molecule has 0 atom stereocenters. The topological polar surface area (TPSA) is 63.2 Å². The van der Waals surface area contributed by atoms with Crippen LogP contribution in [-0.2, 0) is 13.0 Å². The van der Waals surface area contributed by atoms with E-state index in [0.717, 1.165) is 77.1 Å². The van der Waals surface area contributed by atoms with Gasteiger partial charge in [-0.05, 0) is 83.6 Å². The molecule has 2 N–H and O–H groups in total. The third-order valence-electron chi connectivity index (χ3n) is 6.56. The predicted molar refractivity (Wildman–Crippen MR) is 160 cm³/mol. The quantitative estimate of drug-likeness (QED) is 0.246. The van der Waals surface area contributed by atoms with Crippen LogP contribution in [0.15, 0.2) is 56.0 Å². The number of ether oxygens (including phenoxy) is 1. The third-order valence-corrected chi connectivity index (χ3v) is 8.58. The zero-order valence-electron chi connectivity index (χ0n) is 22.8. The number of thioether (sulfide) groups is 1. The molecular formula is C30H40BrN3O2S. The maximum atomic E-state index is 13.4. The Bertz CT molecular complexity index is 1160. The van der Waals surface area contributed by atoms with E-state index in [1.807, 2.05) is 24.3 Å². The van der Waals surface area contributed by atoms with Crippen LogP contribution in [0.5, 0.6) is 5.75 Å². The summed E-state index contributed by atoms with van der Waals surface area (Å²) in [6.07, 6.45) is 9.11. The van der Waals surface area contributed by atoms with Crippen LogP contribution in [0.25, 0.3) is 0 Å². The van der Waals surface area contributed by atoms with Gasteiger partial charge in [-0.25, -0.2) is 4.98 Å². The summed E-state index contributed by atoms with van der Waals surface area (Å²) in [4.78, 5) is 19.3. The molecule has 37 heavy (non-hydrogen) atoms. The fourth-order valence-corrected chi connectivity index (χ4v) is 5.88. The van der Waals surface area contributed by atoms with E-state index in [4.69, 9.17) is 4.74 Å². The van der Waals surface area contributed by atoms with Gasteiger partial charge in [0.15, 0.2) is 0 Å². The highest BCUT2D eigenvalue weighted by molar-refractivity contribution is 9.10. The average molecular weight is 587 g/mol. The summed E-state index contributed by atoms with van der Waals surface area (Å²) in [6.45, 7) is 12.2. The lowest BCUT2D eigenvalue weighted by Gasteiger charge is -2.17. The van der Waals surface area contributed by atoms with Gasteiger partial charge in [-0.3, -0.25) is 4.79 Å². The van der Waals surface area contributed by atoms with Crippen molar-refractivity contribution in [3.05, 3.63) is 72.7 Å². The van der Waals surface area contributed by atoms with E-state index in [9.17, 15) is 4.79 Å². The number of allylic oxidation sites excluding steroid dienone is 3. The first kappa shape index (κ1) is 29.3. The van der Waals surface area contributed by atoms with E-state index >= 15 is 0 Å². The van der Waals surface area contributed by atoms with Crippen LogP contribution in [0, 0.1) is 0 Å². The van der Waals surface area contributed by atoms with Gasteiger partial charge >= 0.3 is 0 Å². The number of nitrogens with zero attached hydrogens (tertiary/aromatic N) is 1. The lowest BCUT2D eigenvalue weighted by molar-refractivity contribution is 0.0968. The minimum atomic E-state index is -0.0730. The highest BCUT2D eigenvalue weighted by atomic mass is 79.9. The van der Waals surface area contributed by atoms with Gasteiger partial charge in [0, 0.05) is 30.3 Å². The van der Waals surface area contributed by atoms with Crippen molar-refractivity contribution in [3.8, 4) is 5.75 Å². The number of carbonyl (C=O) groups excluding carboxylic acids is 1. The van der Waals surface area contributed by atoms with Crippen LogP contribution in [0.3, 0.4) is 0 Å². The van der Waals surface area contributed by atoms with Gasteiger partial charge in [0.1, 0.15) is 11.6 Å². The van der Waals surface area contributed by atoms with Crippen LogP contribution >= 0.6 is 27.7 Å². The summed E-state index contributed by atoms with van der Waals surface area (Å²) in [5.74, 6) is 1.63. The molecule has 1 aromatic carbocycles. The van der Waals surface area contributed by atoms with E-state index in [1.165, 1.54) is 16.1 Å². The third kappa shape index (κ3) is 8.11. The van der Waals surface area contributed by atoms with Gasteiger partial charge in [0.25, 0.3) is 5.91 Å². The van der Waals surface area contributed by atoms with Crippen LogP contribution in [0.4, 0.5) is 5.82 Å².